The predicted octanol–water partition coefficient (Wildman–Crippen LogP) is 2.24. The van der Waals surface area contributed by atoms with Crippen molar-refractivity contribution >= 4 is 12.0 Å². The Morgan fingerprint density at radius 2 is 2.21 bits per heavy atom. The number of carbonyl (C=O) groups excluding carboxylic acids is 1. The molecule has 2 N–H and O–H groups in total. The number of amides is 2. The number of carboxylic acid groups (broad SMARTS) is 1. The van der Waals surface area contributed by atoms with Gasteiger partial charge in [0.25, 0.3) is 0 Å². The summed E-state index contributed by atoms with van der Waals surface area (Å²) < 4.78 is 0. The lowest BCUT2D eigenvalue weighted by Gasteiger charge is -2.28. The van der Waals surface area contributed by atoms with E-state index in [4.69, 9.17) is 5.11 Å². The first-order chi connectivity index (χ1) is 9.04. The summed E-state index contributed by atoms with van der Waals surface area (Å²) >= 11 is 0. The predicted molar refractivity (Wildman–Crippen MR) is 74.0 cm³/mol. The second-order valence-electron chi connectivity index (χ2n) is 5.07. The maximum Gasteiger partial charge on any atom is 0.317 e. The summed E-state index contributed by atoms with van der Waals surface area (Å²) in [6.45, 7) is 4.81. The van der Waals surface area contributed by atoms with Crippen molar-refractivity contribution < 1.29 is 14.7 Å². The van der Waals surface area contributed by atoms with Crippen LogP contribution >= 0.6 is 0 Å². The van der Waals surface area contributed by atoms with E-state index in [0.29, 0.717) is 19.0 Å². The summed E-state index contributed by atoms with van der Waals surface area (Å²) in [6, 6.07) is -0.445. The average Bonchev–Trinajstić information content (AvgIpc) is 2.37. The van der Waals surface area contributed by atoms with Gasteiger partial charge in [0, 0.05) is 19.1 Å². The van der Waals surface area contributed by atoms with Crippen molar-refractivity contribution in [3.8, 4) is 0 Å². The van der Waals surface area contributed by atoms with Crippen LogP contribution in [0.5, 0.6) is 0 Å². The summed E-state index contributed by atoms with van der Waals surface area (Å²) in [5.41, 5.74) is 0. The fourth-order valence-corrected chi connectivity index (χ4v) is 2.39. The second-order valence-corrected chi connectivity index (χ2v) is 5.07. The molecular weight excluding hydrogens is 244 g/mol. The molecule has 0 saturated heterocycles. The van der Waals surface area contributed by atoms with Gasteiger partial charge in [0.05, 0.1) is 6.42 Å². The van der Waals surface area contributed by atoms with E-state index >= 15 is 0 Å². The molecular formula is C14H24N2O3. The Morgan fingerprint density at radius 3 is 2.74 bits per heavy atom. The summed E-state index contributed by atoms with van der Waals surface area (Å²) in [6.07, 6.45) is 7.50. The van der Waals surface area contributed by atoms with E-state index in [0.717, 1.165) is 19.3 Å². The molecule has 0 aliphatic heterocycles. The maximum atomic E-state index is 12.0. The number of allylic oxidation sites excluding steroid dienone is 2. The summed E-state index contributed by atoms with van der Waals surface area (Å²) in [5, 5.41) is 11.7. The average molecular weight is 268 g/mol. The zero-order valence-corrected chi connectivity index (χ0v) is 11.8. The van der Waals surface area contributed by atoms with Crippen LogP contribution in [-0.4, -0.2) is 41.1 Å². The molecule has 1 rings (SSSR count). The second kappa shape index (κ2) is 7.81. The Labute approximate surface area is 114 Å². The highest BCUT2D eigenvalue weighted by Gasteiger charge is 2.21. The van der Waals surface area contributed by atoms with E-state index in [1.807, 2.05) is 6.92 Å². The molecule has 0 saturated carbocycles. The number of carbonyl (C=O) groups is 2. The molecule has 5 nitrogen and oxygen atoms in total. The molecule has 108 valence electrons. The van der Waals surface area contributed by atoms with Crippen molar-refractivity contribution in [2.24, 2.45) is 5.92 Å². The van der Waals surface area contributed by atoms with Gasteiger partial charge >= 0.3 is 12.0 Å². The molecule has 0 radical (unpaired) electrons. The smallest absolute Gasteiger partial charge is 0.317 e. The van der Waals surface area contributed by atoms with Crippen LogP contribution in [0.3, 0.4) is 0 Å². The van der Waals surface area contributed by atoms with E-state index in [2.05, 4.69) is 17.5 Å². The van der Waals surface area contributed by atoms with Crippen LogP contribution < -0.4 is 5.32 Å². The molecule has 0 fully saturated rings. The molecule has 0 aromatic carbocycles. The number of rotatable bonds is 6. The van der Waals surface area contributed by atoms with Gasteiger partial charge in [0.2, 0.25) is 0 Å². The molecule has 2 atom stereocenters. The highest BCUT2D eigenvalue weighted by Crippen LogP contribution is 2.17. The van der Waals surface area contributed by atoms with Gasteiger partial charge in [-0.15, -0.1) is 0 Å². The number of urea groups is 1. The van der Waals surface area contributed by atoms with Crippen LogP contribution in [0.25, 0.3) is 0 Å². The van der Waals surface area contributed by atoms with Gasteiger partial charge in [-0.3, -0.25) is 4.79 Å². The molecule has 1 aliphatic rings. The molecule has 2 amide bonds. The third-order valence-corrected chi connectivity index (χ3v) is 3.52. The monoisotopic (exact) mass is 268 g/mol. The fraction of sp³-hybridized carbons (Fsp3) is 0.714. The molecule has 2 unspecified atom stereocenters. The number of hydrogen-bond donors (Lipinski definition) is 2. The SMILES string of the molecule is CCN(C(=O)NCC1CC=CCC1)C(C)CC(=O)O. The van der Waals surface area contributed by atoms with Gasteiger partial charge in [-0.05, 0) is 39.0 Å². The molecule has 0 spiro atoms. The lowest BCUT2D eigenvalue weighted by molar-refractivity contribution is -0.138. The van der Waals surface area contributed by atoms with Crippen molar-refractivity contribution in [3.63, 3.8) is 0 Å². The van der Waals surface area contributed by atoms with E-state index in [1.165, 1.54) is 0 Å². The Balaban J connectivity index is 2.40. The number of nitrogens with zero attached hydrogens (tertiary/aromatic N) is 1. The molecule has 0 heterocycles. The van der Waals surface area contributed by atoms with E-state index in [9.17, 15) is 9.59 Å². The summed E-state index contributed by atoms with van der Waals surface area (Å²) in [5.74, 6) is -0.376. The van der Waals surface area contributed by atoms with Crippen LogP contribution in [0.4, 0.5) is 4.79 Å². The van der Waals surface area contributed by atoms with Gasteiger partial charge in [-0.2, -0.15) is 0 Å². The van der Waals surface area contributed by atoms with Gasteiger partial charge in [0.15, 0.2) is 0 Å². The first-order valence-corrected chi connectivity index (χ1v) is 6.95. The molecule has 0 bridgehead atoms. The van der Waals surface area contributed by atoms with Gasteiger partial charge < -0.3 is 15.3 Å². The Kier molecular flexibility index (Phi) is 6.39. The molecule has 0 aromatic rings. The number of nitrogens with one attached hydrogen (secondary N) is 1. The van der Waals surface area contributed by atoms with Crippen molar-refractivity contribution in [1.29, 1.82) is 0 Å². The lowest BCUT2D eigenvalue weighted by atomic mass is 9.94. The van der Waals surface area contributed by atoms with Crippen molar-refractivity contribution in [2.75, 3.05) is 13.1 Å². The topological polar surface area (TPSA) is 69.6 Å². The standard InChI is InChI=1S/C14H24N2O3/c1-3-16(11(2)9-13(17)18)14(19)15-10-12-7-5-4-6-8-12/h4-5,11-12H,3,6-10H2,1-2H3,(H,15,19)(H,17,18). The molecule has 5 heteroatoms. The third-order valence-electron chi connectivity index (χ3n) is 3.52. The van der Waals surface area contributed by atoms with Crippen molar-refractivity contribution in [3.05, 3.63) is 12.2 Å². The number of hydrogen-bond acceptors (Lipinski definition) is 2. The zero-order chi connectivity index (χ0) is 14.3. The third kappa shape index (κ3) is 5.32. The van der Waals surface area contributed by atoms with Crippen molar-refractivity contribution in [1.82, 2.24) is 10.2 Å². The normalized spacial score (nSPS) is 19.8. The minimum Gasteiger partial charge on any atom is -0.481 e. The fourth-order valence-electron chi connectivity index (χ4n) is 2.39. The molecule has 19 heavy (non-hydrogen) atoms. The zero-order valence-electron chi connectivity index (χ0n) is 11.8. The highest BCUT2D eigenvalue weighted by atomic mass is 16.4. The summed E-state index contributed by atoms with van der Waals surface area (Å²) in [7, 11) is 0. The molecule has 0 aromatic heterocycles. The Morgan fingerprint density at radius 1 is 1.47 bits per heavy atom. The lowest BCUT2D eigenvalue weighted by Crippen LogP contribution is -2.46. The largest absolute Gasteiger partial charge is 0.481 e. The highest BCUT2D eigenvalue weighted by molar-refractivity contribution is 5.75. The Hall–Kier alpha value is -1.52. The van der Waals surface area contributed by atoms with Gasteiger partial charge in [-0.25, -0.2) is 4.79 Å². The van der Waals surface area contributed by atoms with Crippen LogP contribution in [0.15, 0.2) is 12.2 Å². The Bertz CT molecular complexity index is 342. The minimum atomic E-state index is -0.879. The van der Waals surface area contributed by atoms with Crippen LogP contribution in [0.1, 0.15) is 39.5 Å². The minimum absolute atomic E-state index is 0.0204. The summed E-state index contributed by atoms with van der Waals surface area (Å²) in [4.78, 5) is 24.3. The van der Waals surface area contributed by atoms with Gasteiger partial charge in [0.1, 0.15) is 0 Å². The van der Waals surface area contributed by atoms with E-state index in [1.54, 1.807) is 11.8 Å². The number of carboxylic acids is 1. The first-order valence-electron chi connectivity index (χ1n) is 6.95. The van der Waals surface area contributed by atoms with Crippen LogP contribution in [-0.2, 0) is 4.79 Å². The van der Waals surface area contributed by atoms with Crippen LogP contribution in [0, 0.1) is 5.92 Å². The van der Waals surface area contributed by atoms with Crippen molar-refractivity contribution in [2.45, 2.75) is 45.6 Å². The van der Waals surface area contributed by atoms with E-state index < -0.39 is 5.97 Å². The van der Waals surface area contributed by atoms with E-state index in [-0.39, 0.29) is 18.5 Å². The maximum absolute atomic E-state index is 12.0. The quantitative estimate of drug-likeness (QED) is 0.726. The van der Waals surface area contributed by atoms with Crippen LogP contribution in [0.2, 0.25) is 0 Å². The molecule has 1 aliphatic carbocycles. The number of aliphatic carboxylic acids is 1. The van der Waals surface area contributed by atoms with Gasteiger partial charge in [-0.1, -0.05) is 12.2 Å². The first kappa shape index (κ1) is 15.5.